The minimum atomic E-state index is -0.475. The molecule has 2 amide bonds. The van der Waals surface area contributed by atoms with Crippen molar-refractivity contribution in [2.45, 2.75) is 19.4 Å². The Morgan fingerprint density at radius 2 is 2.22 bits per heavy atom. The number of hydrogen-bond donors (Lipinski definition) is 2. The smallest absolute Gasteiger partial charge is 0.248 e. The van der Waals surface area contributed by atoms with Crippen molar-refractivity contribution in [3.8, 4) is 0 Å². The summed E-state index contributed by atoms with van der Waals surface area (Å²) >= 11 is 0. The number of aliphatic hydroxyl groups is 1. The number of likely N-dealkylation sites (N-methyl/N-ethyl adjacent to an activating group) is 1. The van der Waals surface area contributed by atoms with E-state index in [9.17, 15) is 9.59 Å². The Bertz CT molecular complexity index is 485. The van der Waals surface area contributed by atoms with Crippen LogP contribution in [0.2, 0.25) is 0 Å². The molecule has 1 heterocycles. The van der Waals surface area contributed by atoms with Crippen molar-refractivity contribution in [3.63, 3.8) is 0 Å². The number of benzene rings is 1. The maximum absolute atomic E-state index is 11.3. The lowest BCUT2D eigenvalue weighted by Crippen LogP contribution is -2.28. The number of carbonyl (C=O) groups is 2. The summed E-state index contributed by atoms with van der Waals surface area (Å²) in [5, 5.41) is 11.6. The molecule has 0 atom stereocenters. The standard InChI is InChI=1S/C13H16N2O3/c1-15(13(18)8-16)7-9-2-4-11-10(6-9)3-5-12(17)14-11/h2,4,6,16H,3,5,7-8H2,1H3,(H,14,17). The van der Waals surface area contributed by atoms with Crippen molar-refractivity contribution < 1.29 is 14.7 Å². The van der Waals surface area contributed by atoms with E-state index in [1.807, 2.05) is 18.2 Å². The predicted molar refractivity (Wildman–Crippen MR) is 67.0 cm³/mol. The van der Waals surface area contributed by atoms with E-state index in [0.29, 0.717) is 13.0 Å². The third kappa shape index (κ3) is 2.68. The largest absolute Gasteiger partial charge is 0.387 e. The molecule has 1 aliphatic heterocycles. The fraction of sp³-hybridized carbons (Fsp3) is 0.385. The fourth-order valence-corrected chi connectivity index (χ4v) is 2.02. The molecule has 2 rings (SSSR count). The first-order valence-corrected chi connectivity index (χ1v) is 5.86. The van der Waals surface area contributed by atoms with E-state index >= 15 is 0 Å². The normalized spacial score (nSPS) is 13.8. The molecule has 5 heteroatoms. The highest BCUT2D eigenvalue weighted by Crippen LogP contribution is 2.23. The van der Waals surface area contributed by atoms with Gasteiger partial charge in [0, 0.05) is 25.7 Å². The van der Waals surface area contributed by atoms with Gasteiger partial charge in [0.15, 0.2) is 0 Å². The Morgan fingerprint density at radius 3 is 2.94 bits per heavy atom. The molecule has 0 aliphatic carbocycles. The number of fused-ring (bicyclic) bond motifs is 1. The van der Waals surface area contributed by atoms with Gasteiger partial charge < -0.3 is 15.3 Å². The molecule has 0 unspecified atom stereocenters. The third-order valence-electron chi connectivity index (χ3n) is 3.05. The molecule has 96 valence electrons. The van der Waals surface area contributed by atoms with Crippen LogP contribution in [-0.4, -0.2) is 35.5 Å². The molecule has 1 aromatic carbocycles. The van der Waals surface area contributed by atoms with Gasteiger partial charge in [0.05, 0.1) is 0 Å². The first kappa shape index (κ1) is 12.6. The quantitative estimate of drug-likeness (QED) is 0.819. The van der Waals surface area contributed by atoms with Crippen LogP contribution in [0, 0.1) is 0 Å². The summed E-state index contributed by atoms with van der Waals surface area (Å²) in [5.41, 5.74) is 2.94. The van der Waals surface area contributed by atoms with Crippen molar-refractivity contribution >= 4 is 17.5 Å². The van der Waals surface area contributed by atoms with E-state index in [4.69, 9.17) is 5.11 Å². The van der Waals surface area contributed by atoms with E-state index in [2.05, 4.69) is 5.32 Å². The maximum atomic E-state index is 11.3. The summed E-state index contributed by atoms with van der Waals surface area (Å²) in [6.07, 6.45) is 1.23. The fourth-order valence-electron chi connectivity index (χ4n) is 2.02. The summed E-state index contributed by atoms with van der Waals surface area (Å²) < 4.78 is 0. The number of hydrogen-bond acceptors (Lipinski definition) is 3. The van der Waals surface area contributed by atoms with Gasteiger partial charge in [-0.3, -0.25) is 9.59 Å². The molecule has 0 aromatic heterocycles. The molecule has 0 bridgehead atoms. The van der Waals surface area contributed by atoms with E-state index in [0.717, 1.165) is 23.2 Å². The molecule has 5 nitrogen and oxygen atoms in total. The second kappa shape index (κ2) is 5.18. The van der Waals surface area contributed by atoms with Gasteiger partial charge in [-0.2, -0.15) is 0 Å². The molecule has 0 saturated carbocycles. The molecule has 0 radical (unpaired) electrons. The second-order valence-electron chi connectivity index (χ2n) is 4.45. The average Bonchev–Trinajstić information content (AvgIpc) is 2.38. The minimum absolute atomic E-state index is 0.0443. The Balaban J connectivity index is 2.12. The first-order valence-electron chi connectivity index (χ1n) is 5.86. The Labute approximate surface area is 105 Å². The summed E-state index contributed by atoms with van der Waals surface area (Å²) in [5.74, 6) is -0.260. The highest BCUT2D eigenvalue weighted by atomic mass is 16.3. The predicted octanol–water partition coefficient (Wildman–Crippen LogP) is 0.522. The highest BCUT2D eigenvalue weighted by molar-refractivity contribution is 5.93. The molecule has 0 spiro atoms. The summed E-state index contributed by atoms with van der Waals surface area (Å²) in [7, 11) is 1.65. The summed E-state index contributed by atoms with van der Waals surface area (Å²) in [6, 6.07) is 5.74. The molecular formula is C13H16N2O3. The zero-order chi connectivity index (χ0) is 13.1. The molecule has 0 saturated heterocycles. The van der Waals surface area contributed by atoms with Crippen molar-refractivity contribution in [1.29, 1.82) is 0 Å². The van der Waals surface area contributed by atoms with Crippen LogP contribution in [0.1, 0.15) is 17.5 Å². The molecule has 18 heavy (non-hydrogen) atoms. The van der Waals surface area contributed by atoms with Gasteiger partial charge in [0.25, 0.3) is 0 Å². The van der Waals surface area contributed by atoms with E-state index < -0.39 is 6.61 Å². The van der Waals surface area contributed by atoms with Gasteiger partial charge in [-0.15, -0.1) is 0 Å². The van der Waals surface area contributed by atoms with Gasteiger partial charge in [0.1, 0.15) is 6.61 Å². The first-order chi connectivity index (χ1) is 8.60. The van der Waals surface area contributed by atoms with E-state index in [-0.39, 0.29) is 11.8 Å². The zero-order valence-corrected chi connectivity index (χ0v) is 10.3. The van der Waals surface area contributed by atoms with Crippen LogP contribution in [0.25, 0.3) is 0 Å². The van der Waals surface area contributed by atoms with Crippen LogP contribution in [0.15, 0.2) is 18.2 Å². The monoisotopic (exact) mass is 248 g/mol. The van der Waals surface area contributed by atoms with Crippen LogP contribution in [0.5, 0.6) is 0 Å². The lowest BCUT2D eigenvalue weighted by atomic mass is 10.0. The van der Waals surface area contributed by atoms with Crippen LogP contribution in [0.3, 0.4) is 0 Å². The van der Waals surface area contributed by atoms with Crippen molar-refractivity contribution in [3.05, 3.63) is 29.3 Å². The van der Waals surface area contributed by atoms with Gasteiger partial charge in [0.2, 0.25) is 11.8 Å². The van der Waals surface area contributed by atoms with E-state index in [1.165, 1.54) is 4.90 Å². The minimum Gasteiger partial charge on any atom is -0.387 e. The third-order valence-corrected chi connectivity index (χ3v) is 3.05. The van der Waals surface area contributed by atoms with Gasteiger partial charge in [-0.05, 0) is 23.6 Å². The second-order valence-corrected chi connectivity index (χ2v) is 4.45. The molecular weight excluding hydrogens is 232 g/mol. The summed E-state index contributed by atoms with van der Waals surface area (Å²) in [4.78, 5) is 24.0. The Morgan fingerprint density at radius 1 is 1.44 bits per heavy atom. The highest BCUT2D eigenvalue weighted by Gasteiger charge is 2.15. The lowest BCUT2D eigenvalue weighted by molar-refractivity contribution is -0.133. The van der Waals surface area contributed by atoms with Crippen LogP contribution in [0.4, 0.5) is 5.69 Å². The van der Waals surface area contributed by atoms with Crippen LogP contribution < -0.4 is 5.32 Å². The van der Waals surface area contributed by atoms with Crippen molar-refractivity contribution in [1.82, 2.24) is 4.90 Å². The number of nitrogens with zero attached hydrogens (tertiary/aromatic N) is 1. The average molecular weight is 248 g/mol. The van der Waals surface area contributed by atoms with Crippen molar-refractivity contribution in [2.24, 2.45) is 0 Å². The molecule has 0 fully saturated rings. The Kier molecular flexibility index (Phi) is 3.62. The Hall–Kier alpha value is -1.88. The maximum Gasteiger partial charge on any atom is 0.248 e. The van der Waals surface area contributed by atoms with Gasteiger partial charge in [-0.25, -0.2) is 0 Å². The van der Waals surface area contributed by atoms with Crippen molar-refractivity contribution in [2.75, 3.05) is 19.0 Å². The molecule has 1 aliphatic rings. The lowest BCUT2D eigenvalue weighted by Gasteiger charge is -2.20. The number of nitrogens with one attached hydrogen (secondary N) is 1. The summed E-state index contributed by atoms with van der Waals surface area (Å²) in [6.45, 7) is -0.0158. The zero-order valence-electron chi connectivity index (χ0n) is 10.3. The number of aryl methyl sites for hydroxylation is 1. The number of aliphatic hydroxyl groups excluding tert-OH is 1. The number of anilines is 1. The molecule has 1 aromatic rings. The van der Waals surface area contributed by atoms with Crippen LogP contribution >= 0.6 is 0 Å². The topological polar surface area (TPSA) is 69.6 Å². The van der Waals surface area contributed by atoms with Crippen LogP contribution in [-0.2, 0) is 22.6 Å². The number of rotatable bonds is 3. The number of carbonyl (C=O) groups excluding carboxylic acids is 2. The SMILES string of the molecule is CN(Cc1ccc2c(c1)CCC(=O)N2)C(=O)CO. The van der Waals surface area contributed by atoms with Gasteiger partial charge in [-0.1, -0.05) is 12.1 Å². The van der Waals surface area contributed by atoms with E-state index in [1.54, 1.807) is 7.05 Å². The number of amides is 2. The molecule has 2 N–H and O–H groups in total. The van der Waals surface area contributed by atoms with Gasteiger partial charge >= 0.3 is 0 Å².